The first-order chi connectivity index (χ1) is 15.0. The molecule has 2 N–H and O–H groups in total. The highest BCUT2D eigenvalue weighted by molar-refractivity contribution is 6.26. The maximum Gasteiger partial charge on any atom is 0.303 e. The van der Waals surface area contributed by atoms with Gasteiger partial charge in [-0.2, -0.15) is 0 Å². The van der Waals surface area contributed by atoms with E-state index < -0.39 is 5.97 Å². The average molecular weight is 425 g/mol. The number of anilines is 1. The lowest BCUT2D eigenvalue weighted by Crippen LogP contribution is -2.40. The van der Waals surface area contributed by atoms with Crippen molar-refractivity contribution >= 4 is 34.2 Å². The van der Waals surface area contributed by atoms with Gasteiger partial charge in [0, 0.05) is 47.1 Å². The maximum atomic E-state index is 13.0. The first kappa shape index (κ1) is 22.8. The third-order valence-corrected chi connectivity index (χ3v) is 5.86. The average Bonchev–Trinajstić information content (AvgIpc) is 2.76. The van der Waals surface area contributed by atoms with Crippen molar-refractivity contribution in [2.75, 3.05) is 18.4 Å². The number of amides is 2. The van der Waals surface area contributed by atoms with Gasteiger partial charge >= 0.3 is 5.97 Å². The summed E-state index contributed by atoms with van der Waals surface area (Å²) in [5.41, 5.74) is 2.02. The van der Waals surface area contributed by atoms with Gasteiger partial charge in [0.15, 0.2) is 0 Å². The Hall–Kier alpha value is -2.89. The summed E-state index contributed by atoms with van der Waals surface area (Å²) in [6, 6.07) is 9.30. The SMILES string of the molecule is CCCCCCCCNc1ccc2c3c(cccc13)C(=O)N(CCCCC(=O)O)C2=O. The molecule has 0 unspecified atom stereocenters. The summed E-state index contributed by atoms with van der Waals surface area (Å²) in [6.45, 7) is 3.31. The molecule has 0 radical (unpaired) electrons. The lowest BCUT2D eigenvalue weighted by molar-refractivity contribution is -0.137. The molecule has 0 saturated heterocycles. The van der Waals surface area contributed by atoms with Crippen molar-refractivity contribution in [1.29, 1.82) is 0 Å². The summed E-state index contributed by atoms with van der Waals surface area (Å²) < 4.78 is 0. The fourth-order valence-corrected chi connectivity index (χ4v) is 4.18. The van der Waals surface area contributed by atoms with Crippen molar-refractivity contribution in [3.8, 4) is 0 Å². The van der Waals surface area contributed by atoms with Gasteiger partial charge in [0.1, 0.15) is 0 Å². The molecule has 0 aromatic heterocycles. The largest absolute Gasteiger partial charge is 0.481 e. The van der Waals surface area contributed by atoms with E-state index >= 15 is 0 Å². The number of carbonyl (C=O) groups is 3. The van der Waals surface area contributed by atoms with Crippen LogP contribution in [0.25, 0.3) is 10.8 Å². The predicted molar refractivity (Wildman–Crippen MR) is 123 cm³/mol. The van der Waals surface area contributed by atoms with Crippen LogP contribution in [0.4, 0.5) is 5.69 Å². The van der Waals surface area contributed by atoms with E-state index in [1.807, 2.05) is 18.2 Å². The standard InChI is InChI=1S/C25H32N2O4/c1-2-3-4-5-6-8-16-26-21-15-14-20-23-18(21)11-10-12-19(23)24(30)27(25(20)31)17-9-7-13-22(28)29/h10-12,14-15,26H,2-9,13,16-17H2,1H3,(H,28,29). The molecule has 6 heteroatoms. The molecule has 166 valence electrons. The zero-order valence-electron chi connectivity index (χ0n) is 18.3. The highest BCUT2D eigenvalue weighted by Gasteiger charge is 2.32. The van der Waals surface area contributed by atoms with Gasteiger partial charge in [-0.1, -0.05) is 51.2 Å². The molecule has 1 aliphatic rings. The smallest absolute Gasteiger partial charge is 0.303 e. The molecule has 0 fully saturated rings. The van der Waals surface area contributed by atoms with Crippen LogP contribution in [0.3, 0.4) is 0 Å². The number of hydrogen-bond donors (Lipinski definition) is 2. The number of imide groups is 1. The van der Waals surface area contributed by atoms with E-state index in [1.54, 1.807) is 12.1 Å². The van der Waals surface area contributed by atoms with Crippen LogP contribution in [-0.4, -0.2) is 40.9 Å². The molecule has 0 spiro atoms. The third-order valence-electron chi connectivity index (χ3n) is 5.86. The summed E-state index contributed by atoms with van der Waals surface area (Å²) in [6.07, 6.45) is 8.32. The maximum absolute atomic E-state index is 13.0. The Labute approximate surface area is 183 Å². The van der Waals surface area contributed by atoms with Gasteiger partial charge in [-0.25, -0.2) is 0 Å². The molecule has 6 nitrogen and oxygen atoms in total. The van der Waals surface area contributed by atoms with Crippen molar-refractivity contribution in [3.63, 3.8) is 0 Å². The molecule has 2 amide bonds. The molecule has 2 aromatic carbocycles. The highest BCUT2D eigenvalue weighted by atomic mass is 16.4. The van der Waals surface area contributed by atoms with Gasteiger partial charge in [0.25, 0.3) is 11.8 Å². The normalized spacial score (nSPS) is 13.1. The number of aliphatic carboxylic acids is 1. The topological polar surface area (TPSA) is 86.7 Å². The summed E-state index contributed by atoms with van der Waals surface area (Å²) in [5.74, 6) is -1.47. The number of unbranched alkanes of at least 4 members (excludes halogenated alkanes) is 6. The van der Waals surface area contributed by atoms with Crippen LogP contribution in [0, 0.1) is 0 Å². The van der Waals surface area contributed by atoms with Gasteiger partial charge in [0.05, 0.1) is 0 Å². The van der Waals surface area contributed by atoms with Crippen molar-refractivity contribution < 1.29 is 19.5 Å². The van der Waals surface area contributed by atoms with E-state index in [9.17, 15) is 14.4 Å². The second-order valence-electron chi connectivity index (χ2n) is 8.20. The zero-order valence-corrected chi connectivity index (χ0v) is 18.3. The van der Waals surface area contributed by atoms with Crippen LogP contribution < -0.4 is 5.32 Å². The molecule has 2 aromatic rings. The summed E-state index contributed by atoms with van der Waals surface area (Å²) in [7, 11) is 0. The van der Waals surface area contributed by atoms with E-state index in [2.05, 4.69) is 12.2 Å². The number of rotatable bonds is 13. The lowest BCUT2D eigenvalue weighted by Gasteiger charge is -2.28. The van der Waals surface area contributed by atoms with E-state index in [-0.39, 0.29) is 24.8 Å². The predicted octanol–water partition coefficient (Wildman–Crippen LogP) is 5.46. The minimum absolute atomic E-state index is 0.0377. The fourth-order valence-electron chi connectivity index (χ4n) is 4.18. The molecule has 0 bridgehead atoms. The Morgan fingerprint density at radius 2 is 1.61 bits per heavy atom. The molecule has 31 heavy (non-hydrogen) atoms. The Bertz CT molecular complexity index is 932. The first-order valence-electron chi connectivity index (χ1n) is 11.4. The second kappa shape index (κ2) is 10.9. The number of nitrogens with zero attached hydrogens (tertiary/aromatic N) is 1. The molecule has 0 saturated carbocycles. The molecule has 3 rings (SSSR count). The van der Waals surface area contributed by atoms with Gasteiger partial charge in [0.2, 0.25) is 0 Å². The van der Waals surface area contributed by atoms with E-state index in [0.717, 1.165) is 24.0 Å². The molecule has 0 atom stereocenters. The van der Waals surface area contributed by atoms with E-state index in [1.165, 1.54) is 37.0 Å². The summed E-state index contributed by atoms with van der Waals surface area (Å²) >= 11 is 0. The number of benzene rings is 2. The molecule has 1 aliphatic heterocycles. The number of nitrogens with one attached hydrogen (secondary N) is 1. The van der Waals surface area contributed by atoms with Crippen LogP contribution >= 0.6 is 0 Å². The van der Waals surface area contributed by atoms with Crippen LogP contribution in [0.5, 0.6) is 0 Å². The molecule has 1 heterocycles. The Morgan fingerprint density at radius 3 is 2.35 bits per heavy atom. The van der Waals surface area contributed by atoms with Crippen LogP contribution in [0.2, 0.25) is 0 Å². The number of hydrogen-bond acceptors (Lipinski definition) is 4. The monoisotopic (exact) mass is 424 g/mol. The van der Waals surface area contributed by atoms with Crippen LogP contribution in [0.1, 0.15) is 85.4 Å². The second-order valence-corrected chi connectivity index (χ2v) is 8.20. The zero-order chi connectivity index (χ0) is 22.2. The Balaban J connectivity index is 1.71. The Morgan fingerprint density at radius 1 is 0.903 bits per heavy atom. The Kier molecular flexibility index (Phi) is 8.04. The number of carboxylic acids is 1. The van der Waals surface area contributed by atoms with Crippen molar-refractivity contribution in [2.45, 2.75) is 64.7 Å². The van der Waals surface area contributed by atoms with Crippen LogP contribution in [0.15, 0.2) is 30.3 Å². The van der Waals surface area contributed by atoms with Gasteiger partial charge in [-0.3, -0.25) is 19.3 Å². The lowest BCUT2D eigenvalue weighted by atomic mass is 9.92. The van der Waals surface area contributed by atoms with Gasteiger partial charge in [-0.15, -0.1) is 0 Å². The quantitative estimate of drug-likeness (QED) is 0.329. The van der Waals surface area contributed by atoms with Crippen LogP contribution in [-0.2, 0) is 4.79 Å². The third kappa shape index (κ3) is 5.43. The highest BCUT2D eigenvalue weighted by Crippen LogP contribution is 2.34. The molecule has 0 aliphatic carbocycles. The van der Waals surface area contributed by atoms with E-state index in [0.29, 0.717) is 29.4 Å². The summed E-state index contributed by atoms with van der Waals surface area (Å²) in [5, 5.41) is 13.9. The molecular weight excluding hydrogens is 392 g/mol. The minimum Gasteiger partial charge on any atom is -0.481 e. The fraction of sp³-hybridized carbons (Fsp3) is 0.480. The molecular formula is C25H32N2O4. The van der Waals surface area contributed by atoms with E-state index in [4.69, 9.17) is 5.11 Å². The minimum atomic E-state index is -0.868. The van der Waals surface area contributed by atoms with Crippen molar-refractivity contribution in [3.05, 3.63) is 41.5 Å². The summed E-state index contributed by atoms with van der Waals surface area (Å²) in [4.78, 5) is 38.0. The van der Waals surface area contributed by atoms with Gasteiger partial charge < -0.3 is 10.4 Å². The van der Waals surface area contributed by atoms with Crippen molar-refractivity contribution in [2.24, 2.45) is 0 Å². The van der Waals surface area contributed by atoms with Crippen molar-refractivity contribution in [1.82, 2.24) is 4.90 Å². The number of carboxylic acid groups (broad SMARTS) is 1. The first-order valence-corrected chi connectivity index (χ1v) is 11.4. The number of carbonyl (C=O) groups excluding carboxylic acids is 2. The van der Waals surface area contributed by atoms with Gasteiger partial charge in [-0.05, 0) is 37.5 Å².